The van der Waals surface area contributed by atoms with Gasteiger partial charge in [0.15, 0.2) is 0 Å². The van der Waals surface area contributed by atoms with Crippen LogP contribution in [0.15, 0.2) is 36.4 Å². The fourth-order valence-corrected chi connectivity index (χ4v) is 4.46. The van der Waals surface area contributed by atoms with Crippen LogP contribution in [0.2, 0.25) is 0 Å². The summed E-state index contributed by atoms with van der Waals surface area (Å²) in [5, 5.41) is 2.83. The SMILES string of the molecule is CCCCCCC(C)n1c2ccc(C(C)(C)C)cc2c2cc(C(C)(C)C)ccc21. The summed E-state index contributed by atoms with van der Waals surface area (Å²) in [5.74, 6) is 0. The van der Waals surface area contributed by atoms with Crippen molar-refractivity contribution in [3.8, 4) is 0 Å². The first-order valence-electron chi connectivity index (χ1n) is 11.6. The number of hydrogen-bond acceptors (Lipinski definition) is 0. The first-order valence-corrected chi connectivity index (χ1v) is 11.6. The minimum absolute atomic E-state index is 0.163. The molecule has 0 saturated carbocycles. The van der Waals surface area contributed by atoms with Crippen LogP contribution in [0, 0.1) is 0 Å². The zero-order valence-corrected chi connectivity index (χ0v) is 20.0. The third-order valence-corrected chi connectivity index (χ3v) is 6.45. The Bertz CT molecular complexity index is 904. The fourth-order valence-electron chi connectivity index (χ4n) is 4.46. The predicted molar refractivity (Wildman–Crippen MR) is 130 cm³/mol. The lowest BCUT2D eigenvalue weighted by molar-refractivity contribution is 0.493. The number of benzene rings is 2. The highest BCUT2D eigenvalue weighted by atomic mass is 15.0. The minimum atomic E-state index is 0.163. The minimum Gasteiger partial charge on any atom is -0.338 e. The molecule has 0 N–H and O–H groups in total. The molecule has 0 spiro atoms. The Balaban J connectivity index is 2.18. The van der Waals surface area contributed by atoms with E-state index in [1.807, 2.05) is 0 Å². The van der Waals surface area contributed by atoms with E-state index < -0.39 is 0 Å². The van der Waals surface area contributed by atoms with Crippen LogP contribution < -0.4 is 0 Å². The largest absolute Gasteiger partial charge is 0.338 e. The third kappa shape index (κ3) is 4.55. The van der Waals surface area contributed by atoms with E-state index in [0.717, 1.165) is 0 Å². The zero-order chi connectivity index (χ0) is 21.4. The molecule has 158 valence electrons. The van der Waals surface area contributed by atoms with Crippen LogP contribution in [0.4, 0.5) is 0 Å². The van der Waals surface area contributed by atoms with E-state index in [-0.39, 0.29) is 10.8 Å². The van der Waals surface area contributed by atoms with Gasteiger partial charge < -0.3 is 4.57 Å². The van der Waals surface area contributed by atoms with Crippen LogP contribution in [0.3, 0.4) is 0 Å². The van der Waals surface area contributed by atoms with E-state index in [1.165, 1.54) is 65.0 Å². The fraction of sp³-hybridized carbons (Fsp3) is 0.571. The van der Waals surface area contributed by atoms with Gasteiger partial charge in [0.2, 0.25) is 0 Å². The van der Waals surface area contributed by atoms with Gasteiger partial charge in [-0.2, -0.15) is 0 Å². The summed E-state index contributed by atoms with van der Waals surface area (Å²) >= 11 is 0. The monoisotopic (exact) mass is 391 g/mol. The summed E-state index contributed by atoms with van der Waals surface area (Å²) in [6.07, 6.45) is 6.57. The molecule has 3 rings (SSSR count). The highest BCUT2D eigenvalue weighted by molar-refractivity contribution is 6.08. The molecule has 1 heteroatoms. The van der Waals surface area contributed by atoms with Crippen molar-refractivity contribution in [1.29, 1.82) is 0 Å². The molecule has 0 fully saturated rings. The molecule has 1 atom stereocenters. The molecule has 29 heavy (non-hydrogen) atoms. The smallest absolute Gasteiger partial charge is 0.0494 e. The highest BCUT2D eigenvalue weighted by Crippen LogP contribution is 2.38. The van der Waals surface area contributed by atoms with E-state index in [2.05, 4.69) is 96.4 Å². The van der Waals surface area contributed by atoms with Crippen molar-refractivity contribution in [2.24, 2.45) is 0 Å². The van der Waals surface area contributed by atoms with Gasteiger partial charge in [-0.15, -0.1) is 0 Å². The Hall–Kier alpha value is -1.76. The lowest BCUT2D eigenvalue weighted by Crippen LogP contribution is -2.11. The summed E-state index contributed by atoms with van der Waals surface area (Å²) < 4.78 is 2.61. The van der Waals surface area contributed by atoms with Gasteiger partial charge in [-0.1, -0.05) is 86.3 Å². The Morgan fingerprint density at radius 3 is 1.62 bits per heavy atom. The number of nitrogens with zero attached hydrogens (tertiary/aromatic N) is 1. The average molecular weight is 392 g/mol. The molecule has 1 nitrogen and oxygen atoms in total. The number of hydrogen-bond donors (Lipinski definition) is 0. The number of rotatable bonds is 6. The summed E-state index contributed by atoms with van der Waals surface area (Å²) in [5.41, 5.74) is 5.94. The Morgan fingerprint density at radius 1 is 0.724 bits per heavy atom. The van der Waals surface area contributed by atoms with Gasteiger partial charge in [0, 0.05) is 27.8 Å². The molecule has 0 aliphatic rings. The third-order valence-electron chi connectivity index (χ3n) is 6.45. The molecular formula is C28H41N. The molecule has 0 aliphatic heterocycles. The maximum atomic E-state index is 2.61. The maximum absolute atomic E-state index is 2.61. The Morgan fingerprint density at radius 2 is 1.21 bits per heavy atom. The van der Waals surface area contributed by atoms with Gasteiger partial charge in [-0.05, 0) is 59.6 Å². The Labute approximate surface area is 178 Å². The van der Waals surface area contributed by atoms with E-state index in [1.54, 1.807) is 0 Å². The summed E-state index contributed by atoms with van der Waals surface area (Å²) in [6.45, 7) is 18.5. The molecule has 1 aromatic heterocycles. The van der Waals surface area contributed by atoms with E-state index in [0.29, 0.717) is 6.04 Å². The molecule has 1 unspecified atom stereocenters. The summed E-state index contributed by atoms with van der Waals surface area (Å²) in [4.78, 5) is 0. The maximum Gasteiger partial charge on any atom is 0.0494 e. The molecule has 0 radical (unpaired) electrons. The predicted octanol–water partition coefficient (Wildman–Crippen LogP) is 8.92. The van der Waals surface area contributed by atoms with Gasteiger partial charge in [0.05, 0.1) is 0 Å². The van der Waals surface area contributed by atoms with Crippen LogP contribution in [0.1, 0.15) is 105 Å². The van der Waals surface area contributed by atoms with Crippen LogP contribution in [0.5, 0.6) is 0 Å². The van der Waals surface area contributed by atoms with Gasteiger partial charge in [-0.25, -0.2) is 0 Å². The Kier molecular flexibility index (Phi) is 6.18. The van der Waals surface area contributed by atoms with Gasteiger partial charge in [0.1, 0.15) is 0 Å². The van der Waals surface area contributed by atoms with Crippen LogP contribution in [0.25, 0.3) is 21.8 Å². The summed E-state index contributed by atoms with van der Waals surface area (Å²) in [7, 11) is 0. The summed E-state index contributed by atoms with van der Waals surface area (Å²) in [6, 6.07) is 14.8. The molecule has 3 aromatic rings. The molecule has 0 bridgehead atoms. The van der Waals surface area contributed by atoms with Gasteiger partial charge in [-0.3, -0.25) is 0 Å². The van der Waals surface area contributed by atoms with Crippen molar-refractivity contribution in [3.05, 3.63) is 47.5 Å². The van der Waals surface area contributed by atoms with E-state index in [4.69, 9.17) is 0 Å². The lowest BCUT2D eigenvalue weighted by atomic mass is 9.85. The second kappa shape index (κ2) is 8.17. The normalized spacial score (nSPS) is 14.1. The number of fused-ring (bicyclic) bond motifs is 3. The van der Waals surface area contributed by atoms with Crippen molar-refractivity contribution < 1.29 is 0 Å². The van der Waals surface area contributed by atoms with Gasteiger partial charge in [0.25, 0.3) is 0 Å². The first-order chi connectivity index (χ1) is 13.5. The lowest BCUT2D eigenvalue weighted by Gasteiger charge is -2.20. The zero-order valence-electron chi connectivity index (χ0n) is 20.0. The second-order valence-electron chi connectivity index (χ2n) is 11.0. The highest BCUT2D eigenvalue weighted by Gasteiger charge is 2.21. The molecule has 2 aromatic carbocycles. The van der Waals surface area contributed by atoms with Crippen LogP contribution in [-0.2, 0) is 10.8 Å². The van der Waals surface area contributed by atoms with E-state index in [9.17, 15) is 0 Å². The standard InChI is InChI=1S/C28H41N/c1-9-10-11-12-13-20(2)29-25-16-14-21(27(3,4)5)18-23(25)24-19-22(28(6,7)8)15-17-26(24)29/h14-20H,9-13H2,1-8H3. The van der Waals surface area contributed by atoms with Crippen molar-refractivity contribution >= 4 is 21.8 Å². The topological polar surface area (TPSA) is 4.93 Å². The van der Waals surface area contributed by atoms with Crippen LogP contribution >= 0.6 is 0 Å². The van der Waals surface area contributed by atoms with Crippen LogP contribution in [-0.4, -0.2) is 4.57 Å². The van der Waals surface area contributed by atoms with Crippen molar-refractivity contribution in [1.82, 2.24) is 4.57 Å². The van der Waals surface area contributed by atoms with E-state index >= 15 is 0 Å². The van der Waals surface area contributed by atoms with Crippen molar-refractivity contribution in [2.45, 2.75) is 104 Å². The molecule has 0 saturated heterocycles. The quantitative estimate of drug-likeness (QED) is 0.370. The number of aromatic nitrogens is 1. The molecule has 0 aliphatic carbocycles. The van der Waals surface area contributed by atoms with Gasteiger partial charge >= 0.3 is 0 Å². The molecule has 0 amide bonds. The van der Waals surface area contributed by atoms with Crippen molar-refractivity contribution in [2.75, 3.05) is 0 Å². The van der Waals surface area contributed by atoms with Crippen molar-refractivity contribution in [3.63, 3.8) is 0 Å². The second-order valence-corrected chi connectivity index (χ2v) is 11.0. The number of unbranched alkanes of at least 4 members (excludes halogenated alkanes) is 3. The first kappa shape index (κ1) is 21.9. The molecular weight excluding hydrogens is 350 g/mol. The average Bonchev–Trinajstić information content (AvgIpc) is 2.96. The molecule has 1 heterocycles.